The Labute approximate surface area is 114 Å². The maximum atomic E-state index is 8.36. The molecule has 0 spiro atoms. The molecule has 1 aliphatic rings. The Balaban J connectivity index is 0.000000550. The third-order valence-electron chi connectivity index (χ3n) is 2.76. The van der Waals surface area contributed by atoms with Crippen LogP contribution in [0.2, 0.25) is 0 Å². The summed E-state index contributed by atoms with van der Waals surface area (Å²) in [4.78, 5) is 8.36. The molecule has 4 heteroatoms. The molecule has 104 valence electrons. The highest BCUT2D eigenvalue weighted by atomic mass is 16.5. The van der Waals surface area contributed by atoms with E-state index in [1.54, 1.807) is 0 Å². The van der Waals surface area contributed by atoms with Gasteiger partial charge in [-0.2, -0.15) is 0 Å². The lowest BCUT2D eigenvalue weighted by atomic mass is 9.91. The number of benzene rings is 1. The molecule has 2 N–H and O–H groups in total. The predicted molar refractivity (Wildman–Crippen MR) is 77.7 cm³/mol. The summed E-state index contributed by atoms with van der Waals surface area (Å²) in [5.74, 6) is 0.940. The van der Waals surface area contributed by atoms with Crippen LogP contribution >= 0.6 is 0 Å². The van der Waals surface area contributed by atoms with Gasteiger partial charge in [-0.1, -0.05) is 6.08 Å². The third-order valence-corrected chi connectivity index (χ3v) is 2.76. The molecule has 0 saturated carbocycles. The molecule has 0 unspecified atom stereocenters. The molecule has 0 fully saturated rings. The summed E-state index contributed by atoms with van der Waals surface area (Å²) in [5.41, 5.74) is 3.77. The fraction of sp³-hybridized carbons (Fsp3) is 0.400. The van der Waals surface area contributed by atoms with Gasteiger partial charge in [0.15, 0.2) is 0 Å². The van der Waals surface area contributed by atoms with Crippen molar-refractivity contribution >= 4 is 17.7 Å². The number of nitrogens with one attached hydrogen (secondary N) is 1. The maximum Gasteiger partial charge on any atom is 0.290 e. The van der Waals surface area contributed by atoms with Crippen molar-refractivity contribution in [2.75, 3.05) is 11.9 Å². The molecule has 1 aromatic rings. The fourth-order valence-electron chi connectivity index (χ4n) is 2.22. The predicted octanol–water partition coefficient (Wildman–Crippen LogP) is 3.39. The van der Waals surface area contributed by atoms with Gasteiger partial charge in [-0.25, -0.2) is 0 Å². The van der Waals surface area contributed by atoms with E-state index in [-0.39, 0.29) is 12.0 Å². The quantitative estimate of drug-likeness (QED) is 0.803. The van der Waals surface area contributed by atoms with Crippen LogP contribution in [0.5, 0.6) is 5.75 Å². The molecule has 0 atom stereocenters. The van der Waals surface area contributed by atoms with Gasteiger partial charge in [-0.3, -0.25) is 4.79 Å². The SMILES string of the molecule is CCOc1ccc2c(c1)C(C)=CC(C)(C)N2.O=CO. The van der Waals surface area contributed by atoms with Gasteiger partial charge in [0, 0.05) is 11.3 Å². The summed E-state index contributed by atoms with van der Waals surface area (Å²) in [6.07, 6.45) is 2.26. The lowest BCUT2D eigenvalue weighted by Crippen LogP contribution is -2.31. The molecule has 19 heavy (non-hydrogen) atoms. The number of carbonyl (C=O) groups is 1. The van der Waals surface area contributed by atoms with Crippen molar-refractivity contribution in [1.29, 1.82) is 0 Å². The molecule has 0 bridgehead atoms. The first-order valence-corrected chi connectivity index (χ1v) is 6.26. The molecule has 0 radical (unpaired) electrons. The van der Waals surface area contributed by atoms with Crippen LogP contribution in [-0.4, -0.2) is 23.7 Å². The van der Waals surface area contributed by atoms with Gasteiger partial charge in [0.05, 0.1) is 12.1 Å². The molecule has 0 aliphatic carbocycles. The third kappa shape index (κ3) is 4.02. The summed E-state index contributed by atoms with van der Waals surface area (Å²) in [6.45, 7) is 8.97. The highest BCUT2D eigenvalue weighted by Crippen LogP contribution is 2.35. The molecular weight excluding hydrogens is 242 g/mol. The second-order valence-electron chi connectivity index (χ2n) is 4.92. The highest BCUT2D eigenvalue weighted by molar-refractivity contribution is 5.80. The average molecular weight is 263 g/mol. The Morgan fingerprint density at radius 1 is 1.42 bits per heavy atom. The van der Waals surface area contributed by atoms with E-state index < -0.39 is 0 Å². The van der Waals surface area contributed by atoms with Crippen LogP contribution in [0.25, 0.3) is 5.57 Å². The molecule has 0 saturated heterocycles. The normalized spacial score (nSPS) is 15.1. The summed E-state index contributed by atoms with van der Waals surface area (Å²) < 4.78 is 5.52. The van der Waals surface area contributed by atoms with Crippen molar-refractivity contribution in [3.63, 3.8) is 0 Å². The van der Waals surface area contributed by atoms with E-state index in [2.05, 4.69) is 44.3 Å². The van der Waals surface area contributed by atoms with Crippen LogP contribution in [0.15, 0.2) is 24.3 Å². The summed E-state index contributed by atoms with van der Waals surface area (Å²) >= 11 is 0. The van der Waals surface area contributed by atoms with Crippen LogP contribution in [-0.2, 0) is 4.79 Å². The van der Waals surface area contributed by atoms with E-state index in [1.807, 2.05) is 13.0 Å². The zero-order chi connectivity index (χ0) is 14.5. The van der Waals surface area contributed by atoms with Crippen LogP contribution in [0.4, 0.5) is 5.69 Å². The smallest absolute Gasteiger partial charge is 0.290 e. The topological polar surface area (TPSA) is 58.6 Å². The van der Waals surface area contributed by atoms with Gasteiger partial charge in [-0.15, -0.1) is 0 Å². The van der Waals surface area contributed by atoms with Crippen LogP contribution in [0.1, 0.15) is 33.3 Å². The second kappa shape index (κ2) is 6.27. The number of carboxylic acid groups (broad SMARTS) is 1. The average Bonchev–Trinajstić information content (AvgIpc) is 2.30. The number of ether oxygens (including phenoxy) is 1. The van der Waals surface area contributed by atoms with E-state index in [0.29, 0.717) is 6.61 Å². The first kappa shape index (κ1) is 15.1. The minimum absolute atomic E-state index is 0.0320. The first-order valence-electron chi connectivity index (χ1n) is 6.26. The number of fused-ring (bicyclic) bond motifs is 1. The Bertz CT molecular complexity index is 478. The monoisotopic (exact) mass is 263 g/mol. The molecular formula is C15H21NO3. The fourth-order valence-corrected chi connectivity index (χ4v) is 2.22. The number of rotatable bonds is 2. The Hall–Kier alpha value is -1.97. The lowest BCUT2D eigenvalue weighted by molar-refractivity contribution is -0.122. The van der Waals surface area contributed by atoms with Crippen LogP contribution < -0.4 is 10.1 Å². The molecule has 4 nitrogen and oxygen atoms in total. The van der Waals surface area contributed by atoms with E-state index in [1.165, 1.54) is 16.8 Å². The van der Waals surface area contributed by atoms with Gasteiger partial charge in [0.25, 0.3) is 6.47 Å². The number of allylic oxidation sites excluding steroid dienone is 1. The maximum absolute atomic E-state index is 8.36. The van der Waals surface area contributed by atoms with Crippen molar-refractivity contribution in [2.45, 2.75) is 33.2 Å². The highest BCUT2D eigenvalue weighted by Gasteiger charge is 2.22. The van der Waals surface area contributed by atoms with E-state index in [9.17, 15) is 0 Å². The van der Waals surface area contributed by atoms with Crippen LogP contribution in [0.3, 0.4) is 0 Å². The van der Waals surface area contributed by atoms with Gasteiger partial charge in [0.2, 0.25) is 0 Å². The van der Waals surface area contributed by atoms with Gasteiger partial charge < -0.3 is 15.2 Å². The van der Waals surface area contributed by atoms with Crippen molar-refractivity contribution in [1.82, 2.24) is 0 Å². The van der Waals surface area contributed by atoms with E-state index >= 15 is 0 Å². The minimum atomic E-state index is -0.250. The zero-order valence-corrected chi connectivity index (χ0v) is 11.9. The molecule has 0 amide bonds. The number of anilines is 1. The lowest BCUT2D eigenvalue weighted by Gasteiger charge is -2.31. The number of hydrogen-bond donors (Lipinski definition) is 2. The zero-order valence-electron chi connectivity index (χ0n) is 11.9. The van der Waals surface area contributed by atoms with E-state index in [4.69, 9.17) is 14.6 Å². The Morgan fingerprint density at radius 3 is 2.63 bits per heavy atom. The molecule has 1 aromatic carbocycles. The standard InChI is InChI=1S/C14H19NO.CH2O2/c1-5-16-11-6-7-13-12(8-11)10(2)9-14(3,4)15-13;2-1-3/h6-9,15H,5H2,1-4H3;1H,(H,2,3). The molecule has 1 heterocycles. The summed E-state index contributed by atoms with van der Waals surface area (Å²) in [7, 11) is 0. The first-order chi connectivity index (χ1) is 8.93. The molecule has 2 rings (SSSR count). The van der Waals surface area contributed by atoms with Gasteiger partial charge in [-0.05, 0) is 51.5 Å². The van der Waals surface area contributed by atoms with Crippen molar-refractivity contribution in [3.05, 3.63) is 29.8 Å². The minimum Gasteiger partial charge on any atom is -0.494 e. The Morgan fingerprint density at radius 2 is 2.05 bits per heavy atom. The summed E-state index contributed by atoms with van der Waals surface area (Å²) in [5, 5.41) is 10.4. The van der Waals surface area contributed by atoms with Gasteiger partial charge in [0.1, 0.15) is 5.75 Å². The largest absolute Gasteiger partial charge is 0.494 e. The van der Waals surface area contributed by atoms with Gasteiger partial charge >= 0.3 is 0 Å². The van der Waals surface area contributed by atoms with Crippen molar-refractivity contribution < 1.29 is 14.6 Å². The van der Waals surface area contributed by atoms with Crippen LogP contribution in [0, 0.1) is 0 Å². The van der Waals surface area contributed by atoms with Crippen molar-refractivity contribution in [3.8, 4) is 5.75 Å². The number of hydrogen-bond acceptors (Lipinski definition) is 3. The van der Waals surface area contributed by atoms with E-state index in [0.717, 1.165) is 5.75 Å². The summed E-state index contributed by atoms with van der Waals surface area (Å²) in [6, 6.07) is 6.22. The molecule has 1 aliphatic heterocycles. The molecule has 0 aromatic heterocycles. The van der Waals surface area contributed by atoms with Crippen molar-refractivity contribution in [2.24, 2.45) is 0 Å². The second-order valence-corrected chi connectivity index (χ2v) is 4.92. The Kier molecular flexibility index (Phi) is 4.98.